The highest BCUT2D eigenvalue weighted by Crippen LogP contribution is 2.43. The Labute approximate surface area is 156 Å². The van der Waals surface area contributed by atoms with E-state index in [1.807, 2.05) is 23.1 Å². The molecule has 5 rings (SSSR count). The fourth-order valence-electron chi connectivity index (χ4n) is 4.27. The number of amides is 1. The number of hydrogen-bond donors (Lipinski definition) is 1. The number of methoxy groups -OCH3 is 1. The van der Waals surface area contributed by atoms with Crippen molar-refractivity contribution in [3.05, 3.63) is 65.1 Å². The molecule has 0 saturated heterocycles. The monoisotopic (exact) mass is 362 g/mol. The maximum atomic E-state index is 13.4. The van der Waals surface area contributed by atoms with Crippen LogP contribution in [0.25, 0.3) is 22.2 Å². The molecule has 0 bridgehead atoms. The highest BCUT2D eigenvalue weighted by atomic mass is 19.1. The minimum Gasteiger partial charge on any atom is -0.497 e. The Kier molecular flexibility index (Phi) is 3.57. The molecule has 0 spiro atoms. The first kappa shape index (κ1) is 16.1. The lowest BCUT2D eigenvalue weighted by Crippen LogP contribution is -2.37. The third-order valence-corrected chi connectivity index (χ3v) is 5.57. The average molecular weight is 362 g/mol. The topological polar surface area (TPSA) is 45.3 Å². The molecule has 0 atom stereocenters. The lowest BCUT2D eigenvalue weighted by atomic mass is 9.89. The molecule has 0 saturated carbocycles. The Balaban J connectivity index is 1.77. The Bertz CT molecular complexity index is 1100. The maximum Gasteiger partial charge on any atom is 0.227 e. The van der Waals surface area contributed by atoms with E-state index >= 15 is 0 Å². The van der Waals surface area contributed by atoms with Gasteiger partial charge in [-0.2, -0.15) is 0 Å². The maximum absolute atomic E-state index is 13.4. The van der Waals surface area contributed by atoms with Gasteiger partial charge in [0.05, 0.1) is 18.5 Å². The molecule has 2 aromatic carbocycles. The van der Waals surface area contributed by atoms with Crippen molar-refractivity contribution in [2.45, 2.75) is 19.3 Å². The minimum absolute atomic E-state index is 0.151. The number of hydrogen-bond acceptors (Lipinski definition) is 2. The smallest absolute Gasteiger partial charge is 0.227 e. The first-order chi connectivity index (χ1) is 13.2. The SMILES string of the molecule is COc1ccc2[nH]c3c(c2c1)CCN1C(=O)CCC(c2ccc(F)cc2)=C31. The fourth-order valence-corrected chi connectivity index (χ4v) is 4.27. The number of ether oxygens (including phenoxy) is 1. The van der Waals surface area contributed by atoms with Crippen molar-refractivity contribution in [1.29, 1.82) is 0 Å². The molecule has 5 heteroatoms. The molecule has 4 nitrogen and oxygen atoms in total. The summed E-state index contributed by atoms with van der Waals surface area (Å²) >= 11 is 0. The van der Waals surface area contributed by atoms with Crippen LogP contribution in [0.2, 0.25) is 0 Å². The lowest BCUT2D eigenvalue weighted by molar-refractivity contribution is -0.128. The second-order valence-electron chi connectivity index (χ2n) is 7.02. The Hall–Kier alpha value is -3.08. The highest BCUT2D eigenvalue weighted by molar-refractivity contribution is 6.04. The molecule has 27 heavy (non-hydrogen) atoms. The summed E-state index contributed by atoms with van der Waals surface area (Å²) in [7, 11) is 1.66. The number of fused-ring (bicyclic) bond motifs is 5. The van der Waals surface area contributed by atoms with Gasteiger partial charge in [-0.25, -0.2) is 4.39 Å². The first-order valence-corrected chi connectivity index (χ1v) is 9.14. The molecule has 1 N–H and O–H groups in total. The molecule has 0 radical (unpaired) electrons. The number of H-pyrrole nitrogens is 1. The number of carbonyl (C=O) groups is 1. The normalized spacial score (nSPS) is 16.5. The number of halogens is 1. The van der Waals surface area contributed by atoms with E-state index in [1.165, 1.54) is 17.7 Å². The zero-order chi connectivity index (χ0) is 18.5. The van der Waals surface area contributed by atoms with Crippen LogP contribution in [0.5, 0.6) is 5.75 Å². The van der Waals surface area contributed by atoms with Crippen LogP contribution in [0.4, 0.5) is 4.39 Å². The van der Waals surface area contributed by atoms with Crippen molar-refractivity contribution in [3.8, 4) is 5.75 Å². The van der Waals surface area contributed by atoms with E-state index < -0.39 is 0 Å². The number of benzene rings is 2. The average Bonchev–Trinajstić information content (AvgIpc) is 3.07. The van der Waals surface area contributed by atoms with Gasteiger partial charge in [0, 0.05) is 23.9 Å². The molecule has 0 fully saturated rings. The highest BCUT2D eigenvalue weighted by Gasteiger charge is 2.34. The number of allylic oxidation sites excluding steroid dienone is 1. The van der Waals surface area contributed by atoms with Crippen LogP contribution >= 0.6 is 0 Å². The zero-order valence-corrected chi connectivity index (χ0v) is 15.0. The molecule has 3 aromatic rings. The van der Waals surface area contributed by atoms with Gasteiger partial charge in [-0.05, 0) is 59.9 Å². The van der Waals surface area contributed by atoms with Gasteiger partial charge in [0.2, 0.25) is 5.91 Å². The van der Waals surface area contributed by atoms with E-state index in [9.17, 15) is 9.18 Å². The molecule has 2 aliphatic heterocycles. The molecule has 1 aromatic heterocycles. The quantitative estimate of drug-likeness (QED) is 0.736. The van der Waals surface area contributed by atoms with Gasteiger partial charge in [0.25, 0.3) is 0 Å². The van der Waals surface area contributed by atoms with Gasteiger partial charge in [-0.3, -0.25) is 4.79 Å². The van der Waals surface area contributed by atoms with Gasteiger partial charge >= 0.3 is 0 Å². The van der Waals surface area contributed by atoms with E-state index in [4.69, 9.17) is 4.74 Å². The van der Waals surface area contributed by atoms with Gasteiger partial charge in [-0.15, -0.1) is 0 Å². The number of rotatable bonds is 2. The predicted octanol–water partition coefficient (Wildman–Crippen LogP) is 4.36. The Morgan fingerprint density at radius 2 is 1.89 bits per heavy atom. The zero-order valence-electron chi connectivity index (χ0n) is 15.0. The van der Waals surface area contributed by atoms with E-state index in [0.29, 0.717) is 19.4 Å². The van der Waals surface area contributed by atoms with Crippen LogP contribution in [0, 0.1) is 5.82 Å². The standard InChI is InChI=1S/C22H19FN2O2/c1-27-15-6-8-19-18(12-15)17-10-11-25-20(26)9-7-16(22(25)21(17)24-19)13-2-4-14(23)5-3-13/h2-6,8,12,24H,7,9-11H2,1H3. The molecule has 1 amide bonds. The second kappa shape index (κ2) is 5.98. The third-order valence-electron chi connectivity index (χ3n) is 5.57. The van der Waals surface area contributed by atoms with E-state index in [-0.39, 0.29) is 11.7 Å². The molecule has 3 heterocycles. The third kappa shape index (κ3) is 2.46. The van der Waals surface area contributed by atoms with E-state index in [0.717, 1.165) is 45.6 Å². The Morgan fingerprint density at radius 3 is 2.67 bits per heavy atom. The lowest BCUT2D eigenvalue weighted by Gasteiger charge is -2.35. The molecular weight excluding hydrogens is 343 g/mol. The largest absolute Gasteiger partial charge is 0.497 e. The van der Waals surface area contributed by atoms with Gasteiger partial charge < -0.3 is 14.6 Å². The number of aromatic nitrogens is 1. The first-order valence-electron chi connectivity index (χ1n) is 9.14. The fraction of sp³-hybridized carbons (Fsp3) is 0.227. The van der Waals surface area contributed by atoms with Crippen LogP contribution < -0.4 is 4.74 Å². The van der Waals surface area contributed by atoms with Gasteiger partial charge in [-0.1, -0.05) is 12.1 Å². The van der Waals surface area contributed by atoms with Crippen molar-refractivity contribution in [2.75, 3.05) is 13.7 Å². The molecule has 0 aliphatic carbocycles. The number of carbonyl (C=O) groups excluding carboxylic acids is 1. The molecule has 0 unspecified atom stereocenters. The summed E-state index contributed by atoms with van der Waals surface area (Å²) in [6, 6.07) is 12.5. The van der Waals surface area contributed by atoms with Gasteiger partial charge in [0.1, 0.15) is 11.6 Å². The summed E-state index contributed by atoms with van der Waals surface area (Å²) in [5, 5.41) is 1.13. The predicted molar refractivity (Wildman–Crippen MR) is 103 cm³/mol. The summed E-state index contributed by atoms with van der Waals surface area (Å²) in [6.45, 7) is 0.663. The van der Waals surface area contributed by atoms with E-state index in [1.54, 1.807) is 19.2 Å². The molecular formula is C22H19FN2O2. The van der Waals surface area contributed by atoms with E-state index in [2.05, 4.69) is 4.98 Å². The summed E-state index contributed by atoms with van der Waals surface area (Å²) in [5.74, 6) is 0.715. The summed E-state index contributed by atoms with van der Waals surface area (Å²) in [4.78, 5) is 18.0. The van der Waals surface area contributed by atoms with Crippen molar-refractivity contribution < 1.29 is 13.9 Å². The Morgan fingerprint density at radius 1 is 1.07 bits per heavy atom. The molecule has 136 valence electrons. The van der Waals surface area contributed by atoms with Crippen molar-refractivity contribution in [1.82, 2.24) is 9.88 Å². The van der Waals surface area contributed by atoms with Crippen molar-refractivity contribution in [2.24, 2.45) is 0 Å². The van der Waals surface area contributed by atoms with Crippen LogP contribution in [0.3, 0.4) is 0 Å². The number of aromatic amines is 1. The minimum atomic E-state index is -0.255. The van der Waals surface area contributed by atoms with Gasteiger partial charge in [0.15, 0.2) is 0 Å². The van der Waals surface area contributed by atoms with Crippen LogP contribution in [0.1, 0.15) is 29.7 Å². The number of nitrogens with one attached hydrogen (secondary N) is 1. The van der Waals surface area contributed by atoms with Crippen LogP contribution in [-0.2, 0) is 11.2 Å². The summed E-state index contributed by atoms with van der Waals surface area (Å²) in [5.41, 5.74) is 6.24. The van der Waals surface area contributed by atoms with Crippen molar-refractivity contribution in [3.63, 3.8) is 0 Å². The molecule has 2 aliphatic rings. The summed E-state index contributed by atoms with van der Waals surface area (Å²) < 4.78 is 18.8. The second-order valence-corrected chi connectivity index (χ2v) is 7.02. The summed E-state index contributed by atoms with van der Waals surface area (Å²) in [6.07, 6.45) is 1.95. The van der Waals surface area contributed by atoms with Crippen LogP contribution in [-0.4, -0.2) is 29.4 Å². The number of nitrogens with zero attached hydrogens (tertiary/aromatic N) is 1. The van der Waals surface area contributed by atoms with Crippen molar-refractivity contribution >= 4 is 28.1 Å². The van der Waals surface area contributed by atoms with Crippen LogP contribution in [0.15, 0.2) is 42.5 Å².